The third-order valence-corrected chi connectivity index (χ3v) is 4.64. The lowest BCUT2D eigenvalue weighted by Gasteiger charge is -2.18. The Morgan fingerprint density at radius 3 is 2.61 bits per heavy atom. The quantitative estimate of drug-likeness (QED) is 0.882. The van der Waals surface area contributed by atoms with E-state index < -0.39 is 5.97 Å². The van der Waals surface area contributed by atoms with Crippen LogP contribution in [0.5, 0.6) is 0 Å². The van der Waals surface area contributed by atoms with Gasteiger partial charge in [0, 0.05) is 14.6 Å². The molecule has 0 aliphatic carbocycles. The minimum Gasteiger partial charge on any atom is -0.481 e. The molecule has 0 fully saturated rings. The molecule has 0 spiro atoms. The molecule has 1 N–H and O–H groups in total. The van der Waals surface area contributed by atoms with Crippen molar-refractivity contribution in [2.24, 2.45) is 0 Å². The predicted octanol–water partition coefficient (Wildman–Crippen LogP) is 4.48. The summed E-state index contributed by atoms with van der Waals surface area (Å²) in [6.45, 7) is 6.31. The molecular weight excluding hydrogens is 268 g/mol. The molecule has 4 heteroatoms. The number of hydrogen-bond acceptors (Lipinski definition) is 2. The highest BCUT2D eigenvalue weighted by Gasteiger charge is 2.24. The standard InChI is InChI=1S/C14H15ClO2S/c1-14(2,3)13-10(7-12(16)17)9-6-8(15)4-5-11(9)18-13/h4-6H,7H2,1-3H3,(H,16,17). The van der Waals surface area contributed by atoms with Crippen LogP contribution in [0.2, 0.25) is 5.02 Å². The summed E-state index contributed by atoms with van der Waals surface area (Å²) in [6.07, 6.45) is 0.0486. The lowest BCUT2D eigenvalue weighted by Crippen LogP contribution is -2.13. The molecule has 0 bridgehead atoms. The van der Waals surface area contributed by atoms with Gasteiger partial charge in [-0.2, -0.15) is 0 Å². The van der Waals surface area contributed by atoms with Crippen molar-refractivity contribution in [1.29, 1.82) is 0 Å². The van der Waals surface area contributed by atoms with Crippen molar-refractivity contribution in [3.05, 3.63) is 33.7 Å². The van der Waals surface area contributed by atoms with E-state index in [1.54, 1.807) is 11.3 Å². The Morgan fingerprint density at radius 2 is 2.06 bits per heavy atom. The maximum Gasteiger partial charge on any atom is 0.307 e. The number of carboxylic acid groups (broad SMARTS) is 1. The first kappa shape index (κ1) is 13.4. The van der Waals surface area contributed by atoms with E-state index in [1.807, 2.05) is 18.2 Å². The van der Waals surface area contributed by atoms with E-state index in [9.17, 15) is 4.79 Å². The second kappa shape index (κ2) is 4.56. The summed E-state index contributed by atoms with van der Waals surface area (Å²) in [5.41, 5.74) is 0.846. The third kappa shape index (κ3) is 2.52. The zero-order valence-corrected chi connectivity index (χ0v) is 12.2. The van der Waals surface area contributed by atoms with E-state index in [-0.39, 0.29) is 11.8 Å². The minimum atomic E-state index is -0.805. The summed E-state index contributed by atoms with van der Waals surface area (Å²) < 4.78 is 1.10. The number of halogens is 1. The Bertz CT molecular complexity index is 608. The van der Waals surface area contributed by atoms with Crippen molar-refractivity contribution >= 4 is 39.0 Å². The van der Waals surface area contributed by atoms with Gasteiger partial charge in [0.05, 0.1) is 6.42 Å². The summed E-state index contributed by atoms with van der Waals surface area (Å²) in [4.78, 5) is 12.2. The summed E-state index contributed by atoms with van der Waals surface area (Å²) in [5, 5.41) is 10.7. The number of carboxylic acids is 1. The first-order valence-corrected chi connectivity index (χ1v) is 6.91. The molecule has 0 unspecified atom stereocenters. The first-order chi connectivity index (χ1) is 8.29. The second-order valence-electron chi connectivity index (χ2n) is 5.37. The maximum atomic E-state index is 11.0. The van der Waals surface area contributed by atoms with Crippen molar-refractivity contribution in [3.63, 3.8) is 0 Å². The number of hydrogen-bond donors (Lipinski definition) is 1. The largest absolute Gasteiger partial charge is 0.481 e. The van der Waals surface area contributed by atoms with Gasteiger partial charge in [0.15, 0.2) is 0 Å². The van der Waals surface area contributed by atoms with E-state index in [2.05, 4.69) is 20.8 Å². The summed E-state index contributed by atoms with van der Waals surface area (Å²) >= 11 is 7.67. The van der Waals surface area contributed by atoms with Crippen molar-refractivity contribution in [2.75, 3.05) is 0 Å². The Hall–Kier alpha value is -1.06. The lowest BCUT2D eigenvalue weighted by molar-refractivity contribution is -0.136. The molecule has 1 aromatic heterocycles. The molecule has 0 aliphatic rings. The van der Waals surface area contributed by atoms with Gasteiger partial charge in [-0.3, -0.25) is 4.79 Å². The van der Waals surface area contributed by atoms with E-state index in [0.29, 0.717) is 5.02 Å². The van der Waals surface area contributed by atoms with Crippen molar-refractivity contribution in [1.82, 2.24) is 0 Å². The van der Waals surface area contributed by atoms with Crippen molar-refractivity contribution in [2.45, 2.75) is 32.6 Å². The average Bonchev–Trinajstić information content (AvgIpc) is 2.56. The van der Waals surface area contributed by atoms with Crippen molar-refractivity contribution in [3.8, 4) is 0 Å². The van der Waals surface area contributed by atoms with Gasteiger partial charge in [0.25, 0.3) is 0 Å². The van der Waals surface area contributed by atoms with Gasteiger partial charge in [-0.05, 0) is 34.6 Å². The number of thiophene rings is 1. The fourth-order valence-corrected chi connectivity index (χ4v) is 3.49. The van der Waals surface area contributed by atoms with Crippen LogP contribution < -0.4 is 0 Å². The number of benzene rings is 1. The van der Waals surface area contributed by atoms with E-state index in [1.165, 1.54) is 0 Å². The summed E-state index contributed by atoms with van der Waals surface area (Å²) in [6, 6.07) is 5.67. The van der Waals surface area contributed by atoms with Crippen LogP contribution in [0.4, 0.5) is 0 Å². The molecule has 2 rings (SSSR count). The normalized spacial score (nSPS) is 12.0. The minimum absolute atomic E-state index is 0.0486. The van der Waals surface area contributed by atoms with Gasteiger partial charge < -0.3 is 5.11 Å². The molecule has 0 atom stereocenters. The molecule has 0 radical (unpaired) electrons. The Balaban J connectivity index is 2.73. The molecule has 2 aromatic rings. The molecule has 0 aliphatic heterocycles. The van der Waals surface area contributed by atoms with Gasteiger partial charge >= 0.3 is 5.97 Å². The fraction of sp³-hybridized carbons (Fsp3) is 0.357. The monoisotopic (exact) mass is 282 g/mol. The van der Waals surface area contributed by atoms with E-state index >= 15 is 0 Å². The smallest absolute Gasteiger partial charge is 0.307 e. The molecule has 0 saturated carbocycles. The number of aliphatic carboxylic acids is 1. The van der Waals surface area contributed by atoms with Crippen LogP contribution in [-0.2, 0) is 16.6 Å². The molecule has 2 nitrogen and oxygen atoms in total. The van der Waals surface area contributed by atoms with Crippen LogP contribution >= 0.6 is 22.9 Å². The lowest BCUT2D eigenvalue weighted by atomic mass is 9.89. The predicted molar refractivity (Wildman–Crippen MR) is 76.9 cm³/mol. The van der Waals surface area contributed by atoms with Crippen LogP contribution in [0, 0.1) is 0 Å². The van der Waals surface area contributed by atoms with Crippen LogP contribution in [0.3, 0.4) is 0 Å². The van der Waals surface area contributed by atoms with Crippen molar-refractivity contribution < 1.29 is 9.90 Å². The molecule has 1 aromatic carbocycles. The first-order valence-electron chi connectivity index (χ1n) is 5.72. The van der Waals surface area contributed by atoms with Gasteiger partial charge in [-0.1, -0.05) is 32.4 Å². The third-order valence-electron chi connectivity index (χ3n) is 2.76. The zero-order valence-electron chi connectivity index (χ0n) is 10.6. The van der Waals surface area contributed by atoms with E-state index in [0.717, 1.165) is 20.5 Å². The number of rotatable bonds is 2. The molecule has 96 valence electrons. The van der Waals surface area contributed by atoms with E-state index in [4.69, 9.17) is 16.7 Å². The molecule has 0 amide bonds. The summed E-state index contributed by atoms with van der Waals surface area (Å²) in [5.74, 6) is -0.805. The number of fused-ring (bicyclic) bond motifs is 1. The molecular formula is C14H15ClO2S. The summed E-state index contributed by atoms with van der Waals surface area (Å²) in [7, 11) is 0. The average molecular weight is 283 g/mol. The fourth-order valence-electron chi connectivity index (χ4n) is 2.05. The highest BCUT2D eigenvalue weighted by atomic mass is 35.5. The second-order valence-corrected chi connectivity index (χ2v) is 6.86. The van der Waals surface area contributed by atoms with Gasteiger partial charge in [-0.25, -0.2) is 0 Å². The van der Waals surface area contributed by atoms with Crippen LogP contribution in [-0.4, -0.2) is 11.1 Å². The number of carbonyl (C=O) groups is 1. The van der Waals surface area contributed by atoms with Crippen LogP contribution in [0.25, 0.3) is 10.1 Å². The molecule has 0 saturated heterocycles. The van der Waals surface area contributed by atoms with Gasteiger partial charge in [0.2, 0.25) is 0 Å². The Labute approximate surface area is 115 Å². The topological polar surface area (TPSA) is 37.3 Å². The Kier molecular flexibility index (Phi) is 3.39. The van der Waals surface area contributed by atoms with Crippen LogP contribution in [0.15, 0.2) is 18.2 Å². The SMILES string of the molecule is CC(C)(C)c1sc2ccc(Cl)cc2c1CC(=O)O. The molecule has 1 heterocycles. The maximum absolute atomic E-state index is 11.0. The van der Waals surface area contributed by atoms with Crippen LogP contribution in [0.1, 0.15) is 31.2 Å². The highest BCUT2D eigenvalue weighted by Crippen LogP contribution is 2.40. The van der Waals surface area contributed by atoms with Gasteiger partial charge in [-0.15, -0.1) is 11.3 Å². The zero-order chi connectivity index (χ0) is 13.5. The molecule has 18 heavy (non-hydrogen) atoms. The van der Waals surface area contributed by atoms with Gasteiger partial charge in [0.1, 0.15) is 0 Å². The Morgan fingerprint density at radius 1 is 1.39 bits per heavy atom. The highest BCUT2D eigenvalue weighted by molar-refractivity contribution is 7.19.